The minimum Gasteiger partial charge on any atom is -0.373 e. The number of halogens is 2. The number of likely N-dealkylation sites (tertiary alicyclic amines) is 1. The first-order valence-corrected chi connectivity index (χ1v) is 14.3. The van der Waals surface area contributed by atoms with Crippen LogP contribution in [0.3, 0.4) is 0 Å². The number of piperidine rings is 1. The second kappa shape index (κ2) is 11.3. The molecule has 41 heavy (non-hydrogen) atoms. The van der Waals surface area contributed by atoms with Gasteiger partial charge in [-0.2, -0.15) is 0 Å². The Bertz CT molecular complexity index is 1600. The molecule has 0 bridgehead atoms. The van der Waals surface area contributed by atoms with Crippen LogP contribution in [0, 0.1) is 24.5 Å². The van der Waals surface area contributed by atoms with Gasteiger partial charge in [0, 0.05) is 17.8 Å². The third-order valence-corrected chi connectivity index (χ3v) is 8.15. The van der Waals surface area contributed by atoms with E-state index in [1.807, 2.05) is 37.6 Å². The molecular weight excluding hydrogens is 524 g/mol. The molecule has 214 valence electrons. The Kier molecular flexibility index (Phi) is 7.52. The van der Waals surface area contributed by atoms with Crippen molar-refractivity contribution in [3.63, 3.8) is 0 Å². The van der Waals surface area contributed by atoms with Gasteiger partial charge in [-0.05, 0) is 100 Å². The number of ether oxygens (including phenoxy) is 1. The summed E-state index contributed by atoms with van der Waals surface area (Å²) in [6.07, 6.45) is 5.22. The Labute approximate surface area is 238 Å². The molecule has 0 amide bonds. The van der Waals surface area contributed by atoms with E-state index in [2.05, 4.69) is 43.1 Å². The Morgan fingerprint density at radius 1 is 1.05 bits per heavy atom. The van der Waals surface area contributed by atoms with E-state index in [9.17, 15) is 4.39 Å². The number of hydrogen-bond donors (Lipinski definition) is 1. The highest BCUT2D eigenvalue weighted by Crippen LogP contribution is 2.37. The molecule has 6 rings (SSSR count). The van der Waals surface area contributed by atoms with Gasteiger partial charge >= 0.3 is 0 Å². The summed E-state index contributed by atoms with van der Waals surface area (Å²) < 4.78 is 37.4. The van der Waals surface area contributed by atoms with Gasteiger partial charge in [0.1, 0.15) is 22.9 Å². The second-order valence-corrected chi connectivity index (χ2v) is 11.1. The average molecular weight is 560 g/mol. The maximum atomic E-state index is 15.0. The van der Waals surface area contributed by atoms with E-state index in [4.69, 9.17) is 4.74 Å². The molecule has 0 atom stereocenters. The van der Waals surface area contributed by atoms with Crippen LogP contribution in [0.1, 0.15) is 51.0 Å². The van der Waals surface area contributed by atoms with Crippen LogP contribution in [0.2, 0.25) is 0 Å². The van der Waals surface area contributed by atoms with E-state index in [1.165, 1.54) is 17.2 Å². The predicted octanol–water partition coefficient (Wildman–Crippen LogP) is 6.32. The molecule has 8 nitrogen and oxygen atoms in total. The summed E-state index contributed by atoms with van der Waals surface area (Å²) in [5.74, 6) is 0.741. The Morgan fingerprint density at radius 3 is 2.46 bits per heavy atom. The molecule has 0 aliphatic carbocycles. The number of aryl methyl sites for hydroxylation is 1. The molecule has 10 heteroatoms. The standard InChI is InChI=1S/C31H35F2N7O/c1-5-39-10-8-20(9-11-39)28(23-16-41-17-23)21-6-7-27(34-14-21)37-31-35-15-25(33)29(38-31)22-12-24(32)30-26(13-22)40(18(2)3)19(4)36-30/h6-7,12-15,18,20H,5,8-11,16-17H2,1-4H3,(H,34,35,37,38). The van der Waals surface area contributed by atoms with Gasteiger partial charge in [0.05, 0.1) is 24.9 Å². The smallest absolute Gasteiger partial charge is 0.229 e. The van der Waals surface area contributed by atoms with Gasteiger partial charge < -0.3 is 19.5 Å². The number of imidazole rings is 1. The van der Waals surface area contributed by atoms with Crippen molar-refractivity contribution in [3.8, 4) is 11.3 Å². The lowest BCUT2D eigenvalue weighted by molar-refractivity contribution is 0.102. The molecule has 0 saturated carbocycles. The number of nitrogens with one attached hydrogen (secondary N) is 1. The largest absolute Gasteiger partial charge is 0.373 e. The fourth-order valence-corrected chi connectivity index (χ4v) is 6.05. The molecular formula is C31H35F2N7O. The molecule has 1 aromatic carbocycles. The number of pyridine rings is 1. The highest BCUT2D eigenvalue weighted by atomic mass is 19.1. The molecule has 0 radical (unpaired) electrons. The van der Waals surface area contributed by atoms with Crippen molar-refractivity contribution in [1.82, 2.24) is 29.4 Å². The van der Waals surface area contributed by atoms with E-state index in [0.29, 0.717) is 41.9 Å². The van der Waals surface area contributed by atoms with Crippen LogP contribution in [0.25, 0.3) is 27.9 Å². The van der Waals surface area contributed by atoms with E-state index < -0.39 is 11.6 Å². The van der Waals surface area contributed by atoms with Gasteiger partial charge in [-0.3, -0.25) is 0 Å². The van der Waals surface area contributed by atoms with Crippen LogP contribution in [0.5, 0.6) is 0 Å². The third-order valence-electron chi connectivity index (χ3n) is 8.15. The minimum atomic E-state index is -0.641. The first kappa shape index (κ1) is 27.4. The highest BCUT2D eigenvalue weighted by molar-refractivity contribution is 5.83. The zero-order chi connectivity index (χ0) is 28.7. The lowest BCUT2D eigenvalue weighted by atomic mass is 9.82. The Morgan fingerprint density at radius 2 is 1.83 bits per heavy atom. The molecule has 4 aromatic rings. The number of nitrogens with zero attached hydrogens (tertiary/aromatic N) is 6. The number of anilines is 2. The molecule has 3 aromatic heterocycles. The monoisotopic (exact) mass is 559 g/mol. The molecule has 2 saturated heterocycles. The molecule has 0 unspecified atom stereocenters. The fraction of sp³-hybridized carbons (Fsp3) is 0.419. The van der Waals surface area contributed by atoms with Gasteiger partial charge in [0.25, 0.3) is 0 Å². The van der Waals surface area contributed by atoms with Crippen LogP contribution in [-0.2, 0) is 4.74 Å². The topological polar surface area (TPSA) is 81.0 Å². The van der Waals surface area contributed by atoms with Crippen molar-refractivity contribution in [1.29, 1.82) is 0 Å². The zero-order valence-electron chi connectivity index (χ0n) is 23.9. The number of fused-ring (bicyclic) bond motifs is 1. The van der Waals surface area contributed by atoms with E-state index >= 15 is 4.39 Å². The Hall–Kier alpha value is -3.76. The SMILES string of the molecule is CCN1CCC(C(=C2COC2)c2ccc(Nc3ncc(F)c(-c4cc(F)c5nc(C)n(C(C)C)c5c4)n3)nc2)CC1. The molecule has 2 aliphatic heterocycles. The van der Waals surface area contributed by atoms with Crippen LogP contribution in [0.15, 0.2) is 42.2 Å². The van der Waals surface area contributed by atoms with Gasteiger partial charge in [-0.25, -0.2) is 28.7 Å². The summed E-state index contributed by atoms with van der Waals surface area (Å²) in [5, 5.41) is 3.08. The van der Waals surface area contributed by atoms with Crippen LogP contribution in [0.4, 0.5) is 20.5 Å². The maximum absolute atomic E-state index is 15.0. The Balaban J connectivity index is 1.26. The van der Waals surface area contributed by atoms with Crippen molar-refractivity contribution < 1.29 is 13.5 Å². The fourth-order valence-electron chi connectivity index (χ4n) is 6.05. The summed E-state index contributed by atoms with van der Waals surface area (Å²) in [4.78, 5) is 20.0. The summed E-state index contributed by atoms with van der Waals surface area (Å²) in [7, 11) is 0. The van der Waals surface area contributed by atoms with E-state index in [1.54, 1.807) is 6.07 Å². The van der Waals surface area contributed by atoms with Crippen molar-refractivity contribution in [2.24, 2.45) is 5.92 Å². The van der Waals surface area contributed by atoms with Crippen LogP contribution >= 0.6 is 0 Å². The van der Waals surface area contributed by atoms with Gasteiger partial charge in [-0.15, -0.1) is 0 Å². The third kappa shape index (κ3) is 5.34. The average Bonchev–Trinajstić information content (AvgIpc) is 3.29. The molecule has 0 spiro atoms. The summed E-state index contributed by atoms with van der Waals surface area (Å²) in [6.45, 7) is 12.7. The maximum Gasteiger partial charge on any atom is 0.229 e. The predicted molar refractivity (Wildman–Crippen MR) is 156 cm³/mol. The number of aromatic nitrogens is 5. The van der Waals surface area contributed by atoms with Crippen molar-refractivity contribution in [2.75, 3.05) is 38.2 Å². The summed E-state index contributed by atoms with van der Waals surface area (Å²) >= 11 is 0. The van der Waals surface area contributed by atoms with Gasteiger partial charge in [0.15, 0.2) is 11.6 Å². The number of rotatable bonds is 7. The quantitative estimate of drug-likeness (QED) is 0.284. The first-order valence-electron chi connectivity index (χ1n) is 14.3. The number of hydrogen-bond acceptors (Lipinski definition) is 7. The summed E-state index contributed by atoms with van der Waals surface area (Å²) in [6, 6.07) is 7.01. The van der Waals surface area contributed by atoms with Crippen molar-refractivity contribution >= 4 is 28.4 Å². The first-order chi connectivity index (χ1) is 19.8. The molecule has 1 N–H and O–H groups in total. The van der Waals surface area contributed by atoms with Gasteiger partial charge in [0.2, 0.25) is 5.95 Å². The highest BCUT2D eigenvalue weighted by Gasteiger charge is 2.27. The van der Waals surface area contributed by atoms with Crippen LogP contribution in [-0.4, -0.2) is 62.3 Å². The number of allylic oxidation sites excluding steroid dienone is 1. The van der Waals surface area contributed by atoms with E-state index in [0.717, 1.165) is 44.2 Å². The second-order valence-electron chi connectivity index (χ2n) is 11.1. The van der Waals surface area contributed by atoms with E-state index in [-0.39, 0.29) is 23.2 Å². The zero-order valence-corrected chi connectivity index (χ0v) is 23.9. The van der Waals surface area contributed by atoms with Gasteiger partial charge in [-0.1, -0.05) is 6.92 Å². The molecule has 2 fully saturated rings. The normalized spacial score (nSPS) is 16.4. The summed E-state index contributed by atoms with van der Waals surface area (Å²) in [5.41, 5.74) is 4.99. The lowest BCUT2D eigenvalue weighted by Gasteiger charge is -2.35. The lowest BCUT2D eigenvalue weighted by Crippen LogP contribution is -2.34. The van der Waals surface area contributed by atoms with Crippen molar-refractivity contribution in [2.45, 2.75) is 46.6 Å². The molecule has 5 heterocycles. The van der Waals surface area contributed by atoms with Crippen molar-refractivity contribution in [3.05, 3.63) is 65.3 Å². The minimum absolute atomic E-state index is 0.00417. The molecule has 2 aliphatic rings. The van der Waals surface area contributed by atoms with Crippen LogP contribution < -0.4 is 5.32 Å². The number of benzene rings is 1.